The Morgan fingerprint density at radius 1 is 1.00 bits per heavy atom. The molecule has 3 aromatic rings. The highest BCUT2D eigenvalue weighted by molar-refractivity contribution is 8.03. The molecule has 1 N–H and O–H groups in total. The van der Waals surface area contributed by atoms with Crippen molar-refractivity contribution in [3.63, 3.8) is 0 Å². The molecular formula is C21H22FN3OS3. The minimum Gasteiger partial charge on any atom is -0.351 e. The number of nitrogens with zero attached hydrogens (tertiary/aromatic N) is 2. The molecule has 0 saturated heterocycles. The van der Waals surface area contributed by atoms with Crippen LogP contribution >= 0.6 is 34.9 Å². The van der Waals surface area contributed by atoms with Gasteiger partial charge in [-0.2, -0.15) is 0 Å². The fourth-order valence-electron chi connectivity index (χ4n) is 2.44. The number of carbonyl (C=O) groups excluding carboxylic acids is 1. The zero-order valence-electron chi connectivity index (χ0n) is 16.2. The fraction of sp³-hybridized carbons (Fsp3) is 0.286. The Hall–Kier alpha value is -1.90. The summed E-state index contributed by atoms with van der Waals surface area (Å²) < 4.78 is 14.6. The number of aromatic nitrogens is 2. The van der Waals surface area contributed by atoms with Crippen molar-refractivity contribution in [2.45, 2.75) is 40.7 Å². The summed E-state index contributed by atoms with van der Waals surface area (Å²) in [5, 5.41) is 11.2. The van der Waals surface area contributed by atoms with Crippen LogP contribution in [0.15, 0.2) is 57.2 Å². The highest BCUT2D eigenvalue weighted by Gasteiger charge is 2.09. The lowest BCUT2D eigenvalue weighted by atomic mass is 10.0. The van der Waals surface area contributed by atoms with Crippen molar-refractivity contribution in [2.75, 3.05) is 5.75 Å². The van der Waals surface area contributed by atoms with Crippen LogP contribution in [-0.2, 0) is 17.1 Å². The molecule has 0 aliphatic carbocycles. The van der Waals surface area contributed by atoms with Crippen LogP contribution in [0.4, 0.5) is 4.39 Å². The van der Waals surface area contributed by atoms with E-state index in [4.69, 9.17) is 0 Å². The summed E-state index contributed by atoms with van der Waals surface area (Å²) >= 11 is 4.53. The molecule has 0 radical (unpaired) electrons. The normalized spacial score (nSPS) is 11.0. The molecule has 3 rings (SSSR count). The van der Waals surface area contributed by atoms with Gasteiger partial charge in [0, 0.05) is 12.3 Å². The van der Waals surface area contributed by atoms with Gasteiger partial charge < -0.3 is 5.32 Å². The lowest BCUT2D eigenvalue weighted by molar-refractivity contribution is -0.118. The summed E-state index contributed by atoms with van der Waals surface area (Å²) in [7, 11) is 0. The number of amides is 1. The molecule has 29 heavy (non-hydrogen) atoms. The van der Waals surface area contributed by atoms with E-state index >= 15 is 0 Å². The maximum atomic E-state index is 12.9. The largest absolute Gasteiger partial charge is 0.351 e. The molecule has 0 atom stereocenters. The number of benzene rings is 2. The van der Waals surface area contributed by atoms with E-state index in [9.17, 15) is 9.18 Å². The van der Waals surface area contributed by atoms with Crippen LogP contribution in [0.5, 0.6) is 0 Å². The van der Waals surface area contributed by atoms with Crippen LogP contribution in [-0.4, -0.2) is 21.9 Å². The SMILES string of the molecule is CC(C)c1ccc(CSc2nnc(SCC(=O)NCc3ccc(F)cc3)s2)cc1. The van der Waals surface area contributed by atoms with E-state index in [0.717, 1.165) is 20.0 Å². The third kappa shape index (κ3) is 7.13. The molecule has 8 heteroatoms. The van der Waals surface area contributed by atoms with Gasteiger partial charge in [0.1, 0.15) is 5.82 Å². The maximum Gasteiger partial charge on any atom is 0.230 e. The fourth-order valence-corrected chi connectivity index (χ4v) is 5.24. The topological polar surface area (TPSA) is 54.9 Å². The van der Waals surface area contributed by atoms with Gasteiger partial charge in [0.2, 0.25) is 5.91 Å². The van der Waals surface area contributed by atoms with E-state index in [1.54, 1.807) is 23.9 Å². The highest BCUT2D eigenvalue weighted by atomic mass is 32.2. The third-order valence-electron chi connectivity index (χ3n) is 4.13. The number of hydrogen-bond donors (Lipinski definition) is 1. The Kier molecular flexibility index (Phi) is 8.09. The molecule has 4 nitrogen and oxygen atoms in total. The van der Waals surface area contributed by atoms with Gasteiger partial charge in [-0.3, -0.25) is 4.79 Å². The zero-order chi connectivity index (χ0) is 20.6. The van der Waals surface area contributed by atoms with Crippen molar-refractivity contribution in [1.29, 1.82) is 0 Å². The molecule has 1 heterocycles. The maximum absolute atomic E-state index is 12.9. The Balaban J connectivity index is 1.40. The quantitative estimate of drug-likeness (QED) is 0.439. The van der Waals surface area contributed by atoms with Crippen molar-refractivity contribution in [1.82, 2.24) is 15.5 Å². The molecular weight excluding hydrogens is 425 g/mol. The summed E-state index contributed by atoms with van der Waals surface area (Å²) in [6, 6.07) is 14.7. The first kappa shape index (κ1) is 21.8. The van der Waals surface area contributed by atoms with Gasteiger partial charge >= 0.3 is 0 Å². The minimum atomic E-state index is -0.284. The summed E-state index contributed by atoms with van der Waals surface area (Å²) in [4.78, 5) is 12.0. The molecule has 152 valence electrons. The molecule has 0 spiro atoms. The Labute approximate surface area is 182 Å². The summed E-state index contributed by atoms with van der Waals surface area (Å²) in [5.41, 5.74) is 3.45. The second-order valence-corrected chi connectivity index (χ2v) is 10.1. The van der Waals surface area contributed by atoms with Crippen molar-refractivity contribution in [3.05, 3.63) is 71.0 Å². The molecule has 2 aromatic carbocycles. The smallest absolute Gasteiger partial charge is 0.230 e. The van der Waals surface area contributed by atoms with Crippen LogP contribution in [0.3, 0.4) is 0 Å². The first-order chi connectivity index (χ1) is 14.0. The van der Waals surface area contributed by atoms with Crippen LogP contribution in [0, 0.1) is 5.82 Å². The Morgan fingerprint density at radius 2 is 1.62 bits per heavy atom. The van der Waals surface area contributed by atoms with Gasteiger partial charge in [-0.25, -0.2) is 4.39 Å². The van der Waals surface area contributed by atoms with Gasteiger partial charge in [0.15, 0.2) is 8.68 Å². The zero-order valence-corrected chi connectivity index (χ0v) is 18.7. The van der Waals surface area contributed by atoms with Crippen LogP contribution in [0.1, 0.15) is 36.5 Å². The first-order valence-electron chi connectivity index (χ1n) is 9.18. The standard InChI is InChI=1S/C21H22FN3OS3/c1-14(2)17-7-3-16(4-8-17)12-27-20-24-25-21(29-20)28-13-19(26)23-11-15-5-9-18(22)10-6-15/h3-10,14H,11-13H2,1-2H3,(H,23,26). The Morgan fingerprint density at radius 3 is 2.28 bits per heavy atom. The van der Waals surface area contributed by atoms with E-state index in [1.807, 2.05) is 0 Å². The van der Waals surface area contributed by atoms with Crippen LogP contribution < -0.4 is 5.32 Å². The van der Waals surface area contributed by atoms with Gasteiger partial charge in [0.25, 0.3) is 0 Å². The van der Waals surface area contributed by atoms with Crippen molar-refractivity contribution in [2.24, 2.45) is 0 Å². The third-order valence-corrected chi connectivity index (χ3v) is 7.39. The van der Waals surface area contributed by atoms with E-state index in [2.05, 4.69) is 53.6 Å². The number of hydrogen-bond acceptors (Lipinski definition) is 6. The highest BCUT2D eigenvalue weighted by Crippen LogP contribution is 2.30. The van der Waals surface area contributed by atoms with E-state index in [0.29, 0.717) is 12.5 Å². The summed E-state index contributed by atoms with van der Waals surface area (Å²) in [5.74, 6) is 1.28. The van der Waals surface area contributed by atoms with Crippen molar-refractivity contribution in [3.8, 4) is 0 Å². The molecule has 0 bridgehead atoms. The average Bonchev–Trinajstić information content (AvgIpc) is 3.18. The lowest BCUT2D eigenvalue weighted by Crippen LogP contribution is -2.24. The molecule has 1 aromatic heterocycles. The van der Waals surface area contributed by atoms with Crippen molar-refractivity contribution < 1.29 is 9.18 Å². The molecule has 0 unspecified atom stereocenters. The predicted molar refractivity (Wildman–Crippen MR) is 119 cm³/mol. The number of halogens is 1. The monoisotopic (exact) mass is 447 g/mol. The van der Waals surface area contributed by atoms with Crippen LogP contribution in [0.25, 0.3) is 0 Å². The number of rotatable bonds is 9. The minimum absolute atomic E-state index is 0.0889. The van der Waals surface area contributed by atoms with E-state index < -0.39 is 0 Å². The molecule has 0 aliphatic heterocycles. The summed E-state index contributed by atoms with van der Waals surface area (Å²) in [6.07, 6.45) is 0. The van der Waals surface area contributed by atoms with Gasteiger partial charge in [-0.05, 0) is 34.7 Å². The van der Waals surface area contributed by atoms with E-state index in [-0.39, 0.29) is 17.5 Å². The number of thioether (sulfide) groups is 2. The second kappa shape index (κ2) is 10.8. The molecule has 0 fully saturated rings. The number of nitrogens with one attached hydrogen (secondary N) is 1. The van der Waals surface area contributed by atoms with E-state index in [1.165, 1.54) is 46.4 Å². The molecule has 0 saturated carbocycles. The predicted octanol–water partition coefficient (Wildman–Crippen LogP) is 5.50. The van der Waals surface area contributed by atoms with Gasteiger partial charge in [-0.15, -0.1) is 10.2 Å². The van der Waals surface area contributed by atoms with Gasteiger partial charge in [0.05, 0.1) is 5.75 Å². The Bertz CT molecular complexity index is 927. The van der Waals surface area contributed by atoms with Crippen LogP contribution in [0.2, 0.25) is 0 Å². The van der Waals surface area contributed by atoms with Gasteiger partial charge in [-0.1, -0.05) is 85.1 Å². The first-order valence-corrected chi connectivity index (χ1v) is 12.0. The second-order valence-electron chi connectivity index (χ2n) is 6.71. The molecule has 0 aliphatic rings. The van der Waals surface area contributed by atoms with Crippen molar-refractivity contribution >= 4 is 40.8 Å². The molecule has 1 amide bonds. The summed E-state index contributed by atoms with van der Waals surface area (Å²) in [6.45, 7) is 4.76. The lowest BCUT2D eigenvalue weighted by Gasteiger charge is -2.06. The average molecular weight is 448 g/mol. The number of carbonyl (C=O) groups is 1.